The maximum atomic E-state index is 11.3. The Morgan fingerprint density at radius 1 is 1.11 bits per heavy atom. The zero-order valence-corrected chi connectivity index (χ0v) is 22.0. The van der Waals surface area contributed by atoms with Gasteiger partial charge in [0, 0.05) is 24.6 Å². The molecule has 0 saturated heterocycles. The van der Waals surface area contributed by atoms with Gasteiger partial charge in [-0.05, 0) is 90.1 Å². The molecule has 1 N–H and O–H groups in total. The van der Waals surface area contributed by atoms with Crippen molar-refractivity contribution in [1.29, 1.82) is 0 Å². The predicted molar refractivity (Wildman–Crippen MR) is 144 cm³/mol. The average molecular weight is 493 g/mol. The number of rotatable bonds is 9. The zero-order chi connectivity index (χ0) is 25.0. The van der Waals surface area contributed by atoms with Gasteiger partial charge >= 0.3 is 0 Å². The van der Waals surface area contributed by atoms with E-state index in [1.54, 1.807) is 0 Å². The number of ether oxygens (including phenoxy) is 1. The SMILES string of the molecule is CC.Cc1cc(NCCCS(C)(=O)=O)ncc1-c1cccc(COc2ccc3c(c2)CC2CC32)c1. The van der Waals surface area contributed by atoms with Crippen LogP contribution in [0.5, 0.6) is 5.75 Å². The molecule has 0 spiro atoms. The molecule has 35 heavy (non-hydrogen) atoms. The number of fused-ring (bicyclic) bond motifs is 3. The Balaban J connectivity index is 0.00000141. The highest BCUT2D eigenvalue weighted by atomic mass is 32.2. The molecule has 3 aromatic rings. The van der Waals surface area contributed by atoms with Gasteiger partial charge in [-0.1, -0.05) is 38.1 Å². The first-order valence-electron chi connectivity index (χ1n) is 12.6. The van der Waals surface area contributed by atoms with Gasteiger partial charge in [-0.3, -0.25) is 0 Å². The van der Waals surface area contributed by atoms with Gasteiger partial charge in [0.1, 0.15) is 28.0 Å². The van der Waals surface area contributed by atoms with Crippen molar-refractivity contribution in [2.45, 2.75) is 52.6 Å². The molecule has 1 heterocycles. The Kier molecular flexibility index (Phi) is 7.80. The Hall–Kier alpha value is -2.86. The van der Waals surface area contributed by atoms with E-state index in [9.17, 15) is 8.42 Å². The topological polar surface area (TPSA) is 68.3 Å². The van der Waals surface area contributed by atoms with Gasteiger partial charge in [-0.2, -0.15) is 0 Å². The lowest BCUT2D eigenvalue weighted by Crippen LogP contribution is -2.10. The first-order chi connectivity index (χ1) is 16.9. The molecule has 0 amide bonds. The second-order valence-electron chi connectivity index (χ2n) is 9.45. The Morgan fingerprint density at radius 3 is 2.71 bits per heavy atom. The molecule has 0 radical (unpaired) electrons. The number of aromatic nitrogens is 1. The number of hydrogen-bond donors (Lipinski definition) is 1. The van der Waals surface area contributed by atoms with Gasteiger partial charge in [0.05, 0.1) is 5.75 Å². The van der Waals surface area contributed by atoms with Crippen molar-refractivity contribution in [1.82, 2.24) is 4.98 Å². The number of pyridine rings is 1. The fraction of sp³-hybridized carbons (Fsp3) is 0.414. The second kappa shape index (κ2) is 10.8. The summed E-state index contributed by atoms with van der Waals surface area (Å²) in [5, 5.41) is 3.21. The van der Waals surface area contributed by atoms with Crippen molar-refractivity contribution in [3.8, 4) is 16.9 Å². The molecule has 2 aliphatic carbocycles. The molecule has 2 aliphatic rings. The molecule has 1 fully saturated rings. The Bertz CT molecular complexity index is 1290. The summed E-state index contributed by atoms with van der Waals surface area (Å²) < 4.78 is 28.6. The lowest BCUT2D eigenvalue weighted by Gasteiger charge is -2.12. The van der Waals surface area contributed by atoms with Crippen LogP contribution in [0.25, 0.3) is 11.1 Å². The lowest BCUT2D eigenvalue weighted by molar-refractivity contribution is 0.306. The van der Waals surface area contributed by atoms with E-state index >= 15 is 0 Å². The lowest BCUT2D eigenvalue weighted by atomic mass is 10.0. The maximum absolute atomic E-state index is 11.3. The van der Waals surface area contributed by atoms with E-state index in [4.69, 9.17) is 4.74 Å². The molecule has 5 nitrogen and oxygen atoms in total. The van der Waals surface area contributed by atoms with E-state index in [2.05, 4.69) is 59.7 Å². The first kappa shape index (κ1) is 25.2. The summed E-state index contributed by atoms with van der Waals surface area (Å²) in [7, 11) is -2.93. The van der Waals surface area contributed by atoms with Crippen LogP contribution >= 0.6 is 0 Å². The number of nitrogens with zero attached hydrogens (tertiary/aromatic N) is 1. The Labute approximate surface area is 209 Å². The van der Waals surface area contributed by atoms with Crippen molar-refractivity contribution in [2.24, 2.45) is 5.92 Å². The predicted octanol–water partition coefficient (Wildman–Crippen LogP) is 6.17. The molecule has 1 aromatic heterocycles. The van der Waals surface area contributed by atoms with E-state index in [1.165, 1.54) is 30.2 Å². The van der Waals surface area contributed by atoms with Crippen LogP contribution in [0.4, 0.5) is 5.82 Å². The van der Waals surface area contributed by atoms with Crippen molar-refractivity contribution in [3.63, 3.8) is 0 Å². The number of benzene rings is 2. The highest BCUT2D eigenvalue weighted by molar-refractivity contribution is 7.90. The van der Waals surface area contributed by atoms with Crippen LogP contribution < -0.4 is 10.1 Å². The summed E-state index contributed by atoms with van der Waals surface area (Å²) >= 11 is 0. The van der Waals surface area contributed by atoms with Gasteiger partial charge in [0.2, 0.25) is 0 Å². The summed E-state index contributed by atoms with van der Waals surface area (Å²) in [6.45, 7) is 7.18. The van der Waals surface area contributed by atoms with E-state index in [0.29, 0.717) is 19.6 Å². The largest absolute Gasteiger partial charge is 0.489 e. The summed E-state index contributed by atoms with van der Waals surface area (Å²) in [6.07, 6.45) is 6.28. The van der Waals surface area contributed by atoms with Crippen LogP contribution in [-0.2, 0) is 22.9 Å². The van der Waals surface area contributed by atoms with E-state index in [-0.39, 0.29) is 5.75 Å². The monoisotopic (exact) mass is 492 g/mol. The fourth-order valence-electron chi connectivity index (χ4n) is 4.85. The van der Waals surface area contributed by atoms with E-state index in [1.807, 2.05) is 26.1 Å². The second-order valence-corrected chi connectivity index (χ2v) is 11.7. The molecular formula is C29H36N2O3S. The number of aryl methyl sites for hydroxylation is 1. The summed E-state index contributed by atoms with van der Waals surface area (Å²) in [6, 6.07) is 17.0. The molecule has 0 bridgehead atoms. The average Bonchev–Trinajstić information content (AvgIpc) is 3.52. The van der Waals surface area contributed by atoms with Crippen LogP contribution in [0.2, 0.25) is 0 Å². The minimum Gasteiger partial charge on any atom is -0.489 e. The highest BCUT2D eigenvalue weighted by Crippen LogP contribution is 2.56. The summed E-state index contributed by atoms with van der Waals surface area (Å²) in [5.74, 6) is 3.59. The molecule has 2 unspecified atom stereocenters. The third-order valence-electron chi connectivity index (χ3n) is 6.67. The minimum absolute atomic E-state index is 0.179. The number of hydrogen-bond acceptors (Lipinski definition) is 5. The molecule has 6 heteroatoms. The standard InChI is InChI=1S/C27H30N2O3S.C2H6/c1-18-11-27(28-9-4-10-33(2,30)31)29-16-26(18)20-6-3-5-19(12-20)17-32-23-7-8-24-21(14-23)13-22-15-25(22)24;1-2/h3,5-8,11-12,14,16,22,25H,4,9-10,13,15,17H2,1-2H3,(H,28,29);1-2H3. The summed E-state index contributed by atoms with van der Waals surface area (Å²) in [4.78, 5) is 4.52. The molecule has 5 rings (SSSR count). The fourth-order valence-corrected chi connectivity index (χ4v) is 5.52. The first-order valence-corrected chi connectivity index (χ1v) is 14.6. The van der Waals surface area contributed by atoms with Crippen molar-refractivity contribution >= 4 is 15.7 Å². The Morgan fingerprint density at radius 2 is 1.94 bits per heavy atom. The quantitative estimate of drug-likeness (QED) is 0.362. The van der Waals surface area contributed by atoms with Crippen LogP contribution in [0, 0.1) is 12.8 Å². The van der Waals surface area contributed by atoms with Crippen molar-refractivity contribution < 1.29 is 13.2 Å². The third kappa shape index (κ3) is 6.43. The van der Waals surface area contributed by atoms with Crippen LogP contribution in [0.15, 0.2) is 54.7 Å². The molecule has 0 aliphatic heterocycles. The van der Waals surface area contributed by atoms with Gasteiger partial charge in [-0.15, -0.1) is 0 Å². The molecule has 2 atom stereocenters. The number of sulfone groups is 1. The van der Waals surface area contributed by atoms with Gasteiger partial charge < -0.3 is 10.1 Å². The molecule has 186 valence electrons. The number of nitrogens with one attached hydrogen (secondary N) is 1. The third-order valence-corrected chi connectivity index (χ3v) is 7.70. The minimum atomic E-state index is -2.93. The van der Waals surface area contributed by atoms with Crippen molar-refractivity contribution in [2.75, 3.05) is 23.9 Å². The van der Waals surface area contributed by atoms with Gasteiger partial charge in [-0.25, -0.2) is 13.4 Å². The van der Waals surface area contributed by atoms with Crippen molar-refractivity contribution in [3.05, 3.63) is 77.0 Å². The van der Waals surface area contributed by atoms with Gasteiger partial charge in [0.25, 0.3) is 0 Å². The van der Waals surface area contributed by atoms with Gasteiger partial charge in [0.15, 0.2) is 0 Å². The van der Waals surface area contributed by atoms with Crippen LogP contribution in [-0.4, -0.2) is 32.0 Å². The zero-order valence-electron chi connectivity index (χ0n) is 21.2. The normalized spacial score (nSPS) is 17.6. The van der Waals surface area contributed by atoms with Crippen LogP contribution in [0.3, 0.4) is 0 Å². The maximum Gasteiger partial charge on any atom is 0.147 e. The van der Waals surface area contributed by atoms with Crippen LogP contribution in [0.1, 0.15) is 54.9 Å². The van der Waals surface area contributed by atoms with E-state index in [0.717, 1.165) is 45.7 Å². The highest BCUT2D eigenvalue weighted by Gasteiger charge is 2.44. The molecule has 1 saturated carbocycles. The number of anilines is 1. The smallest absolute Gasteiger partial charge is 0.147 e. The summed E-state index contributed by atoms with van der Waals surface area (Å²) in [5.41, 5.74) is 7.43. The van der Waals surface area contributed by atoms with E-state index < -0.39 is 9.84 Å². The molecule has 2 aromatic carbocycles. The molecular weight excluding hydrogens is 456 g/mol.